The van der Waals surface area contributed by atoms with Crippen LogP contribution in [-0.4, -0.2) is 32.0 Å². The molecule has 1 fully saturated rings. The predicted molar refractivity (Wildman–Crippen MR) is 116 cm³/mol. The van der Waals surface area contributed by atoms with Crippen molar-refractivity contribution in [3.63, 3.8) is 0 Å². The van der Waals surface area contributed by atoms with Crippen molar-refractivity contribution in [1.82, 2.24) is 14.7 Å². The molecule has 6 heteroatoms. The van der Waals surface area contributed by atoms with Crippen LogP contribution in [0.4, 0.5) is 5.69 Å². The molecule has 154 valence electrons. The maximum absolute atomic E-state index is 13.7. The maximum Gasteiger partial charge on any atom is 0.255 e. The zero-order chi connectivity index (χ0) is 20.9. The van der Waals surface area contributed by atoms with Crippen LogP contribution in [-0.2, 0) is 18.4 Å². The summed E-state index contributed by atoms with van der Waals surface area (Å²) in [5.41, 5.74) is 3.80. The number of rotatable bonds is 3. The van der Waals surface area contributed by atoms with Crippen molar-refractivity contribution in [2.45, 2.75) is 51.1 Å². The molecule has 3 aromatic rings. The first-order valence-corrected chi connectivity index (χ1v) is 10.6. The van der Waals surface area contributed by atoms with Crippen LogP contribution in [0.2, 0.25) is 0 Å². The topological polar surface area (TPSA) is 67.2 Å². The van der Waals surface area contributed by atoms with Crippen LogP contribution < -0.4 is 5.32 Å². The van der Waals surface area contributed by atoms with Crippen LogP contribution in [0, 0.1) is 6.92 Å². The van der Waals surface area contributed by atoms with Crippen molar-refractivity contribution in [2.24, 2.45) is 7.05 Å². The van der Waals surface area contributed by atoms with Crippen LogP contribution >= 0.6 is 0 Å². The first-order chi connectivity index (χ1) is 14.5. The number of fused-ring (bicyclic) bond motifs is 2. The van der Waals surface area contributed by atoms with E-state index in [1.165, 1.54) is 0 Å². The highest BCUT2D eigenvalue weighted by molar-refractivity contribution is 6.06. The number of aryl methyl sites for hydroxylation is 2. The number of nitrogens with one attached hydrogen (secondary N) is 1. The molecule has 5 rings (SSSR count). The molecular formula is C24H26N4O2. The second-order valence-electron chi connectivity index (χ2n) is 8.58. The van der Waals surface area contributed by atoms with Gasteiger partial charge in [-0.25, -0.2) is 0 Å². The Morgan fingerprint density at radius 1 is 1.13 bits per heavy atom. The zero-order valence-electron chi connectivity index (χ0n) is 17.4. The minimum absolute atomic E-state index is 0.0205. The Hall–Kier alpha value is -3.15. The monoisotopic (exact) mass is 402 g/mol. The summed E-state index contributed by atoms with van der Waals surface area (Å²) in [5.74, 6) is -0.102. The molecule has 0 bridgehead atoms. The third kappa shape index (κ3) is 2.82. The van der Waals surface area contributed by atoms with Gasteiger partial charge in [-0.15, -0.1) is 0 Å². The van der Waals surface area contributed by atoms with Gasteiger partial charge in [-0.1, -0.05) is 31.4 Å². The van der Waals surface area contributed by atoms with Gasteiger partial charge in [0.1, 0.15) is 5.54 Å². The largest absolute Gasteiger partial charge is 0.324 e. The maximum atomic E-state index is 13.7. The van der Waals surface area contributed by atoms with E-state index in [1.807, 2.05) is 61.5 Å². The molecule has 2 aliphatic rings. The summed E-state index contributed by atoms with van der Waals surface area (Å²) in [6.45, 7) is 2.54. The van der Waals surface area contributed by atoms with Crippen molar-refractivity contribution in [3.05, 3.63) is 59.3 Å². The van der Waals surface area contributed by atoms with Crippen LogP contribution in [0.1, 0.15) is 53.6 Å². The summed E-state index contributed by atoms with van der Waals surface area (Å²) in [4.78, 5) is 28.9. The highest BCUT2D eigenvalue weighted by atomic mass is 16.2. The number of aromatic nitrogens is 2. The van der Waals surface area contributed by atoms with Gasteiger partial charge in [0.15, 0.2) is 0 Å². The molecule has 0 unspecified atom stereocenters. The number of carbonyl (C=O) groups excluding carboxylic acids is 2. The Balaban J connectivity index is 1.49. The van der Waals surface area contributed by atoms with Gasteiger partial charge >= 0.3 is 0 Å². The molecule has 30 heavy (non-hydrogen) atoms. The fraction of sp³-hybridized carbons (Fsp3) is 0.375. The van der Waals surface area contributed by atoms with Gasteiger partial charge < -0.3 is 10.2 Å². The lowest BCUT2D eigenvalue weighted by Gasteiger charge is -2.43. The summed E-state index contributed by atoms with van der Waals surface area (Å²) in [7, 11) is 1.89. The van der Waals surface area contributed by atoms with E-state index >= 15 is 0 Å². The number of amides is 2. The summed E-state index contributed by atoms with van der Waals surface area (Å²) >= 11 is 0. The fourth-order valence-electron chi connectivity index (χ4n) is 5.06. The van der Waals surface area contributed by atoms with Gasteiger partial charge in [-0.05, 0) is 55.2 Å². The number of hydrogen-bond donors (Lipinski definition) is 1. The predicted octanol–water partition coefficient (Wildman–Crippen LogP) is 4.18. The second-order valence-corrected chi connectivity index (χ2v) is 8.58. The van der Waals surface area contributed by atoms with Crippen molar-refractivity contribution >= 4 is 28.4 Å². The number of hydrogen-bond acceptors (Lipinski definition) is 3. The second kappa shape index (κ2) is 6.97. The van der Waals surface area contributed by atoms with E-state index in [4.69, 9.17) is 0 Å². The van der Waals surface area contributed by atoms with Gasteiger partial charge in [0.05, 0.1) is 11.7 Å². The van der Waals surface area contributed by atoms with Gasteiger partial charge in [0, 0.05) is 30.2 Å². The Kier molecular flexibility index (Phi) is 4.38. The summed E-state index contributed by atoms with van der Waals surface area (Å²) in [5, 5.41) is 8.43. The smallest absolute Gasteiger partial charge is 0.255 e. The number of benzene rings is 2. The molecule has 2 heterocycles. The van der Waals surface area contributed by atoms with Gasteiger partial charge in [0.2, 0.25) is 5.91 Å². The molecule has 6 nitrogen and oxygen atoms in total. The standard InChI is InChI=1S/C24H26N4O2/c1-16-7-6-8-19-20(16)15-28(22(19)29)24(11-4-3-5-12-24)23(30)26-18-10-9-17-14-25-27(2)21(17)13-18/h6-10,13-14H,3-5,11-12,15H2,1-2H3,(H,26,30). The van der Waals surface area contributed by atoms with E-state index in [0.29, 0.717) is 19.4 Å². The average Bonchev–Trinajstić information content (AvgIpc) is 3.30. The molecular weight excluding hydrogens is 376 g/mol. The minimum atomic E-state index is -0.803. The molecule has 0 atom stereocenters. The summed E-state index contributed by atoms with van der Waals surface area (Å²) in [6.07, 6.45) is 6.22. The lowest BCUT2D eigenvalue weighted by Crippen LogP contribution is -2.58. The Morgan fingerprint density at radius 3 is 2.70 bits per heavy atom. The van der Waals surface area contributed by atoms with Crippen molar-refractivity contribution in [2.75, 3.05) is 5.32 Å². The van der Waals surface area contributed by atoms with E-state index in [-0.39, 0.29) is 11.8 Å². The number of nitrogens with zero attached hydrogens (tertiary/aromatic N) is 3. The SMILES string of the molecule is Cc1cccc2c1CN(C1(C(=O)Nc3ccc4cnn(C)c4c3)CCCCC1)C2=O. The van der Waals surface area contributed by atoms with E-state index in [0.717, 1.165) is 52.5 Å². The molecule has 2 amide bonds. The van der Waals surface area contributed by atoms with Gasteiger partial charge in [0.25, 0.3) is 5.91 Å². The Labute approximate surface area is 175 Å². The fourth-order valence-corrected chi connectivity index (χ4v) is 5.06. The zero-order valence-corrected chi connectivity index (χ0v) is 17.4. The molecule has 0 radical (unpaired) electrons. The van der Waals surface area contributed by atoms with E-state index < -0.39 is 5.54 Å². The molecule has 2 aromatic carbocycles. The Morgan fingerprint density at radius 2 is 1.93 bits per heavy atom. The molecule has 0 saturated heterocycles. The van der Waals surface area contributed by atoms with Crippen LogP contribution in [0.15, 0.2) is 42.6 Å². The normalized spacial score (nSPS) is 17.9. The number of anilines is 1. The van der Waals surface area contributed by atoms with Crippen LogP contribution in [0.5, 0.6) is 0 Å². The van der Waals surface area contributed by atoms with E-state index in [1.54, 1.807) is 4.68 Å². The quantitative estimate of drug-likeness (QED) is 0.715. The third-order valence-corrected chi connectivity index (χ3v) is 6.83. The highest BCUT2D eigenvalue weighted by Gasteiger charge is 2.49. The summed E-state index contributed by atoms with van der Waals surface area (Å²) < 4.78 is 1.80. The molecule has 1 saturated carbocycles. The summed E-state index contributed by atoms with van der Waals surface area (Å²) in [6, 6.07) is 11.7. The van der Waals surface area contributed by atoms with Crippen molar-refractivity contribution < 1.29 is 9.59 Å². The third-order valence-electron chi connectivity index (χ3n) is 6.83. The lowest BCUT2D eigenvalue weighted by atomic mass is 9.79. The average molecular weight is 402 g/mol. The number of carbonyl (C=O) groups is 2. The van der Waals surface area contributed by atoms with Crippen molar-refractivity contribution in [3.8, 4) is 0 Å². The lowest BCUT2D eigenvalue weighted by molar-refractivity contribution is -0.129. The minimum Gasteiger partial charge on any atom is -0.324 e. The first-order valence-electron chi connectivity index (χ1n) is 10.6. The molecule has 1 N–H and O–H groups in total. The molecule has 0 spiro atoms. The van der Waals surface area contributed by atoms with E-state index in [9.17, 15) is 9.59 Å². The van der Waals surface area contributed by atoms with Crippen LogP contribution in [0.3, 0.4) is 0 Å². The Bertz CT molecular complexity index is 1160. The van der Waals surface area contributed by atoms with E-state index in [2.05, 4.69) is 10.4 Å². The van der Waals surface area contributed by atoms with Crippen LogP contribution in [0.25, 0.3) is 10.9 Å². The molecule has 1 aromatic heterocycles. The molecule has 1 aliphatic heterocycles. The highest BCUT2D eigenvalue weighted by Crippen LogP contribution is 2.40. The molecule has 1 aliphatic carbocycles. The first kappa shape index (κ1) is 18.9. The van der Waals surface area contributed by atoms with Gasteiger partial charge in [-0.2, -0.15) is 5.10 Å². The van der Waals surface area contributed by atoms with Gasteiger partial charge in [-0.3, -0.25) is 14.3 Å². The van der Waals surface area contributed by atoms with Crippen molar-refractivity contribution in [1.29, 1.82) is 0 Å².